The van der Waals surface area contributed by atoms with Crippen molar-refractivity contribution in [2.75, 3.05) is 26.2 Å². The smallest absolute Gasteiger partial charge is 0.348 e. The number of epoxide rings is 1. The van der Waals surface area contributed by atoms with Crippen molar-refractivity contribution >= 4 is 0 Å². The summed E-state index contributed by atoms with van der Waals surface area (Å²) in [6, 6.07) is 11.8. The van der Waals surface area contributed by atoms with E-state index in [1.165, 1.54) is 12.1 Å². The fourth-order valence-corrected chi connectivity index (χ4v) is 3.54. The molecule has 2 aliphatic rings. The van der Waals surface area contributed by atoms with Gasteiger partial charge in [-0.1, -0.05) is 24.3 Å². The Hall–Kier alpha value is -1.96. The molecule has 0 aliphatic carbocycles. The predicted octanol–water partition coefficient (Wildman–Crippen LogP) is 4.06. The van der Waals surface area contributed by atoms with Gasteiger partial charge >= 0.3 is 6.18 Å². The Labute approximate surface area is 155 Å². The Kier molecular flexibility index (Phi) is 4.92. The van der Waals surface area contributed by atoms with Crippen LogP contribution < -0.4 is 0 Å². The highest BCUT2D eigenvalue weighted by Gasteiger charge is 2.45. The highest BCUT2D eigenvalue weighted by atomic mass is 19.4. The van der Waals surface area contributed by atoms with Gasteiger partial charge in [-0.25, -0.2) is 4.39 Å². The number of ether oxygens (including phenoxy) is 1. The van der Waals surface area contributed by atoms with Crippen molar-refractivity contribution < 1.29 is 22.3 Å². The van der Waals surface area contributed by atoms with Crippen LogP contribution in [0.4, 0.5) is 17.6 Å². The standard InChI is InChI=1S/C20H20F4N2O/c21-17-3-1-2-15(12-17)18-19(27-18)26-10-8-25(9-11-26)13-14-4-6-16(7-5-14)20(22,23)24/h1-7,12,18-19H,8-11,13H2. The molecule has 4 rings (SSSR count). The lowest BCUT2D eigenvalue weighted by Crippen LogP contribution is -2.47. The predicted molar refractivity (Wildman–Crippen MR) is 92.3 cm³/mol. The molecule has 0 amide bonds. The maximum Gasteiger partial charge on any atom is 0.416 e. The van der Waals surface area contributed by atoms with E-state index in [4.69, 9.17) is 4.74 Å². The molecule has 2 heterocycles. The molecule has 0 aromatic heterocycles. The van der Waals surface area contributed by atoms with E-state index in [0.29, 0.717) is 6.54 Å². The van der Waals surface area contributed by atoms with Gasteiger partial charge in [-0.15, -0.1) is 0 Å². The first-order valence-corrected chi connectivity index (χ1v) is 8.93. The molecule has 0 bridgehead atoms. The van der Waals surface area contributed by atoms with Crippen molar-refractivity contribution in [2.45, 2.75) is 25.1 Å². The molecule has 2 aromatic rings. The number of nitrogens with zero attached hydrogens (tertiary/aromatic N) is 2. The Bertz CT molecular complexity index is 785. The summed E-state index contributed by atoms with van der Waals surface area (Å²) in [6.07, 6.45) is -4.39. The molecule has 7 heteroatoms. The molecule has 27 heavy (non-hydrogen) atoms. The summed E-state index contributed by atoms with van der Waals surface area (Å²) in [7, 11) is 0. The summed E-state index contributed by atoms with van der Waals surface area (Å²) in [5.74, 6) is -0.261. The van der Waals surface area contributed by atoms with E-state index in [0.717, 1.165) is 49.4 Å². The van der Waals surface area contributed by atoms with Gasteiger partial charge in [0.1, 0.15) is 18.1 Å². The molecule has 2 aromatic carbocycles. The normalized spacial score (nSPS) is 24.1. The molecule has 0 spiro atoms. The number of rotatable bonds is 4. The first-order chi connectivity index (χ1) is 12.9. The van der Waals surface area contributed by atoms with Crippen molar-refractivity contribution in [3.05, 3.63) is 71.0 Å². The molecule has 0 N–H and O–H groups in total. The second-order valence-corrected chi connectivity index (χ2v) is 7.01. The molecule has 0 saturated carbocycles. The van der Waals surface area contributed by atoms with Crippen molar-refractivity contribution in [3.63, 3.8) is 0 Å². The molecule has 144 valence electrons. The molecule has 3 nitrogen and oxygen atoms in total. The van der Waals surface area contributed by atoms with Crippen molar-refractivity contribution in [2.24, 2.45) is 0 Å². The molecule has 2 aliphatic heterocycles. The summed E-state index contributed by atoms with van der Waals surface area (Å²) in [5, 5.41) is 0. The lowest BCUT2D eigenvalue weighted by molar-refractivity contribution is -0.137. The van der Waals surface area contributed by atoms with Gasteiger partial charge in [-0.05, 0) is 35.4 Å². The van der Waals surface area contributed by atoms with E-state index in [1.54, 1.807) is 18.2 Å². The van der Waals surface area contributed by atoms with Crippen LogP contribution in [0.2, 0.25) is 0 Å². The van der Waals surface area contributed by atoms with Crippen LogP contribution in [0.15, 0.2) is 48.5 Å². The first kappa shape index (κ1) is 18.4. The van der Waals surface area contributed by atoms with Crippen molar-refractivity contribution in [1.29, 1.82) is 0 Å². The summed E-state index contributed by atoms with van der Waals surface area (Å²) < 4.78 is 57.0. The van der Waals surface area contributed by atoms with E-state index in [9.17, 15) is 17.6 Å². The zero-order chi connectivity index (χ0) is 19.0. The zero-order valence-corrected chi connectivity index (χ0v) is 14.6. The van der Waals surface area contributed by atoms with Crippen LogP contribution in [0.25, 0.3) is 0 Å². The van der Waals surface area contributed by atoms with Gasteiger partial charge in [-0.3, -0.25) is 9.80 Å². The van der Waals surface area contributed by atoms with Crippen LogP contribution in [0.3, 0.4) is 0 Å². The number of alkyl halides is 3. The molecule has 2 saturated heterocycles. The average molecular weight is 380 g/mol. The van der Waals surface area contributed by atoms with Crippen LogP contribution >= 0.6 is 0 Å². The molecule has 2 atom stereocenters. The van der Waals surface area contributed by atoms with Crippen LogP contribution in [0.1, 0.15) is 22.8 Å². The third-order valence-corrected chi connectivity index (χ3v) is 5.10. The third kappa shape index (κ3) is 4.31. The van der Waals surface area contributed by atoms with Crippen molar-refractivity contribution in [3.8, 4) is 0 Å². The summed E-state index contributed by atoms with van der Waals surface area (Å²) >= 11 is 0. The Balaban J connectivity index is 1.27. The SMILES string of the molecule is Fc1cccc(C2OC2N2CCN(Cc3ccc(C(F)(F)F)cc3)CC2)c1. The summed E-state index contributed by atoms with van der Waals surface area (Å²) in [4.78, 5) is 4.46. The molecule has 2 fully saturated rings. The van der Waals surface area contributed by atoms with Crippen LogP contribution in [-0.2, 0) is 17.5 Å². The average Bonchev–Trinajstić information content (AvgIpc) is 3.43. The Morgan fingerprint density at radius 2 is 1.67 bits per heavy atom. The number of halogens is 4. The van der Waals surface area contributed by atoms with Gasteiger partial charge in [0.25, 0.3) is 0 Å². The topological polar surface area (TPSA) is 19.0 Å². The van der Waals surface area contributed by atoms with Crippen molar-refractivity contribution in [1.82, 2.24) is 9.80 Å². The van der Waals surface area contributed by atoms with Crippen LogP contribution in [-0.4, -0.2) is 42.2 Å². The minimum Gasteiger partial charge on any atom is -0.348 e. The maximum atomic E-state index is 13.3. The van der Waals surface area contributed by atoms with Gasteiger partial charge in [0, 0.05) is 32.7 Å². The summed E-state index contributed by atoms with van der Waals surface area (Å²) in [6.45, 7) is 3.90. The minimum atomic E-state index is -4.30. The second kappa shape index (κ2) is 7.22. The lowest BCUT2D eigenvalue weighted by Gasteiger charge is -2.34. The quantitative estimate of drug-likeness (QED) is 0.589. The molecule has 0 radical (unpaired) electrons. The highest BCUT2D eigenvalue weighted by Crippen LogP contribution is 2.41. The maximum absolute atomic E-state index is 13.3. The van der Waals surface area contributed by atoms with Gasteiger partial charge in [0.05, 0.1) is 5.56 Å². The number of piperazine rings is 1. The Morgan fingerprint density at radius 3 is 2.30 bits per heavy atom. The minimum absolute atomic E-state index is 0.0139. The Morgan fingerprint density at radius 1 is 0.963 bits per heavy atom. The van der Waals surface area contributed by atoms with E-state index in [-0.39, 0.29) is 18.1 Å². The fraction of sp³-hybridized carbons (Fsp3) is 0.400. The monoisotopic (exact) mass is 380 g/mol. The molecule has 2 unspecified atom stereocenters. The van der Waals surface area contributed by atoms with E-state index < -0.39 is 11.7 Å². The van der Waals surface area contributed by atoms with Gasteiger partial charge in [0.2, 0.25) is 0 Å². The summed E-state index contributed by atoms with van der Waals surface area (Å²) in [5.41, 5.74) is 1.11. The number of benzene rings is 2. The number of hydrogen-bond donors (Lipinski definition) is 0. The van der Waals surface area contributed by atoms with Gasteiger partial charge in [-0.2, -0.15) is 13.2 Å². The highest BCUT2D eigenvalue weighted by molar-refractivity contribution is 5.25. The first-order valence-electron chi connectivity index (χ1n) is 8.93. The third-order valence-electron chi connectivity index (χ3n) is 5.10. The van der Waals surface area contributed by atoms with Gasteiger partial charge < -0.3 is 4.74 Å². The molecular formula is C20H20F4N2O. The molecular weight excluding hydrogens is 360 g/mol. The van der Waals surface area contributed by atoms with E-state index >= 15 is 0 Å². The second-order valence-electron chi connectivity index (χ2n) is 7.01. The van der Waals surface area contributed by atoms with Gasteiger partial charge in [0.15, 0.2) is 0 Å². The lowest BCUT2D eigenvalue weighted by atomic mass is 10.1. The fourth-order valence-electron chi connectivity index (χ4n) is 3.54. The van der Waals surface area contributed by atoms with Crippen LogP contribution in [0, 0.1) is 5.82 Å². The van der Waals surface area contributed by atoms with E-state index in [2.05, 4.69) is 9.80 Å². The number of hydrogen-bond acceptors (Lipinski definition) is 3. The zero-order valence-electron chi connectivity index (χ0n) is 14.6. The van der Waals surface area contributed by atoms with E-state index in [1.807, 2.05) is 6.07 Å². The van der Waals surface area contributed by atoms with Crippen LogP contribution in [0.5, 0.6) is 0 Å². The largest absolute Gasteiger partial charge is 0.416 e.